The third kappa shape index (κ3) is 6.51. The number of nitrogens with one attached hydrogen (secondary N) is 1. The van der Waals surface area contributed by atoms with Crippen LogP contribution in [-0.4, -0.2) is 18.2 Å². The maximum atomic E-state index is 14.0. The monoisotopic (exact) mass is 460 g/mol. The largest absolute Gasteiger partial charge is 0.351 e. The van der Waals surface area contributed by atoms with E-state index in [9.17, 15) is 4.57 Å². The molecule has 0 saturated carbocycles. The first kappa shape index (κ1) is 26.7. The summed E-state index contributed by atoms with van der Waals surface area (Å²) in [6.07, 6.45) is 3.52. The molecule has 32 heavy (non-hydrogen) atoms. The van der Waals surface area contributed by atoms with Crippen molar-refractivity contribution in [1.82, 2.24) is 10.3 Å². The molecular weight excluding hydrogens is 419 g/mol. The lowest BCUT2D eigenvalue weighted by Gasteiger charge is -2.33. The Labute approximate surface area is 194 Å². The van der Waals surface area contributed by atoms with Gasteiger partial charge in [0.25, 0.3) is 0 Å². The maximum Gasteiger partial charge on any atom is 0.351 e. The van der Waals surface area contributed by atoms with Gasteiger partial charge in [-0.05, 0) is 71.6 Å². The van der Waals surface area contributed by atoms with Gasteiger partial charge < -0.3 is 9.05 Å². The van der Waals surface area contributed by atoms with Crippen molar-refractivity contribution in [3.63, 3.8) is 0 Å². The van der Waals surface area contributed by atoms with Crippen molar-refractivity contribution in [2.45, 2.75) is 85.5 Å². The average molecular weight is 461 g/mol. The van der Waals surface area contributed by atoms with Gasteiger partial charge in [-0.2, -0.15) is 0 Å². The number of hydrogen-bond acceptors (Lipinski definition) is 5. The number of benzene rings is 1. The molecule has 1 heterocycles. The fraction of sp³-hybridized carbons (Fsp3) is 0.577. The van der Waals surface area contributed by atoms with Gasteiger partial charge in [0, 0.05) is 18.9 Å². The van der Waals surface area contributed by atoms with Crippen LogP contribution in [0.3, 0.4) is 0 Å². The number of pyridine rings is 1. The quantitative estimate of drug-likeness (QED) is 0.407. The summed E-state index contributed by atoms with van der Waals surface area (Å²) in [4.78, 5) is 4.09. The summed E-state index contributed by atoms with van der Waals surface area (Å²) in [7, 11) is -3.47. The maximum absolute atomic E-state index is 14.0. The molecule has 1 atom stereocenters. The first-order valence-electron chi connectivity index (χ1n) is 11.5. The summed E-state index contributed by atoms with van der Waals surface area (Å²) in [6.45, 7) is 20.4. The molecule has 0 radical (unpaired) electrons. The van der Waals surface area contributed by atoms with Crippen molar-refractivity contribution in [2.75, 3.05) is 13.2 Å². The van der Waals surface area contributed by atoms with Crippen LogP contribution in [-0.2, 0) is 31.0 Å². The van der Waals surface area contributed by atoms with Crippen LogP contribution in [0.25, 0.3) is 0 Å². The third-order valence-electron chi connectivity index (χ3n) is 5.54. The second-order valence-electron chi connectivity index (χ2n) is 10.3. The highest BCUT2D eigenvalue weighted by molar-refractivity contribution is 7.54. The summed E-state index contributed by atoms with van der Waals surface area (Å²) < 4.78 is 25.7. The average Bonchev–Trinajstić information content (AvgIpc) is 2.68. The van der Waals surface area contributed by atoms with E-state index in [0.717, 1.165) is 11.1 Å². The SMILES string of the molecule is CCOP(=O)(OCC)C(NCc1ccncc1)c1cc(C(C)(C)C)c(C)c(C(C)(C)C)c1. The molecule has 0 aliphatic heterocycles. The van der Waals surface area contributed by atoms with E-state index in [2.05, 4.69) is 70.9 Å². The molecule has 2 aromatic rings. The van der Waals surface area contributed by atoms with Crippen LogP contribution in [0, 0.1) is 6.92 Å². The molecule has 1 unspecified atom stereocenters. The van der Waals surface area contributed by atoms with E-state index < -0.39 is 13.4 Å². The molecule has 0 aliphatic carbocycles. The van der Waals surface area contributed by atoms with Gasteiger partial charge in [-0.25, -0.2) is 0 Å². The lowest BCUT2D eigenvalue weighted by Crippen LogP contribution is -2.26. The van der Waals surface area contributed by atoms with Crippen molar-refractivity contribution in [2.24, 2.45) is 0 Å². The Morgan fingerprint density at radius 1 is 0.938 bits per heavy atom. The highest BCUT2D eigenvalue weighted by Gasteiger charge is 2.38. The second kappa shape index (κ2) is 10.6. The first-order valence-corrected chi connectivity index (χ1v) is 13.1. The van der Waals surface area contributed by atoms with E-state index in [1.165, 1.54) is 16.7 Å². The highest BCUT2D eigenvalue weighted by atomic mass is 31.2. The van der Waals surface area contributed by atoms with Crippen molar-refractivity contribution in [3.05, 3.63) is 64.5 Å². The molecule has 1 N–H and O–H groups in total. The lowest BCUT2D eigenvalue weighted by atomic mass is 9.75. The van der Waals surface area contributed by atoms with Gasteiger partial charge in [0.05, 0.1) is 13.2 Å². The first-order chi connectivity index (χ1) is 14.8. The van der Waals surface area contributed by atoms with Gasteiger partial charge in [0.2, 0.25) is 0 Å². The molecule has 1 aromatic carbocycles. The zero-order valence-electron chi connectivity index (χ0n) is 21.3. The van der Waals surface area contributed by atoms with Crippen LogP contribution in [0.15, 0.2) is 36.7 Å². The zero-order chi connectivity index (χ0) is 24.2. The molecule has 2 rings (SSSR count). The number of nitrogens with zero attached hydrogens (tertiary/aromatic N) is 1. The molecule has 178 valence electrons. The molecule has 0 spiro atoms. The number of aromatic nitrogens is 1. The van der Waals surface area contributed by atoms with E-state index >= 15 is 0 Å². The Morgan fingerprint density at radius 3 is 1.81 bits per heavy atom. The second-order valence-corrected chi connectivity index (χ2v) is 12.4. The topological polar surface area (TPSA) is 60.5 Å². The molecule has 5 nitrogen and oxygen atoms in total. The standard InChI is InChI=1S/C26H41N2O3P/c1-10-30-32(29,31-11-2)24(28-18-20-12-14-27-15-13-20)21-16-22(25(4,5)6)19(3)23(17-21)26(7,8)9/h12-17,24,28H,10-11,18H2,1-9H3. The van der Waals surface area contributed by atoms with Crippen LogP contribution in [0.5, 0.6) is 0 Å². The molecule has 0 saturated heterocycles. The van der Waals surface area contributed by atoms with Gasteiger partial charge in [-0.3, -0.25) is 14.9 Å². The predicted molar refractivity (Wildman–Crippen MR) is 133 cm³/mol. The van der Waals surface area contributed by atoms with Gasteiger partial charge in [-0.15, -0.1) is 0 Å². The molecule has 0 fully saturated rings. The minimum atomic E-state index is -3.47. The van der Waals surface area contributed by atoms with E-state index in [0.29, 0.717) is 19.8 Å². The van der Waals surface area contributed by atoms with E-state index in [-0.39, 0.29) is 10.8 Å². The Balaban J connectivity index is 2.69. The van der Waals surface area contributed by atoms with Crippen molar-refractivity contribution in [1.29, 1.82) is 0 Å². The lowest BCUT2D eigenvalue weighted by molar-refractivity contribution is 0.207. The summed E-state index contributed by atoms with van der Waals surface area (Å²) in [6, 6.07) is 8.26. The molecule has 6 heteroatoms. The summed E-state index contributed by atoms with van der Waals surface area (Å²) >= 11 is 0. The third-order valence-corrected chi connectivity index (χ3v) is 7.89. The van der Waals surface area contributed by atoms with Gasteiger partial charge in [0.15, 0.2) is 0 Å². The minimum absolute atomic E-state index is 0.0586. The van der Waals surface area contributed by atoms with Crippen LogP contribution in [0.4, 0.5) is 0 Å². The van der Waals surface area contributed by atoms with Crippen LogP contribution < -0.4 is 5.32 Å². The molecule has 1 aromatic heterocycles. The molecule has 0 amide bonds. The zero-order valence-corrected chi connectivity index (χ0v) is 22.2. The summed E-state index contributed by atoms with van der Waals surface area (Å²) in [5.41, 5.74) is 5.65. The molecule has 0 bridgehead atoms. The fourth-order valence-electron chi connectivity index (χ4n) is 4.13. The van der Waals surface area contributed by atoms with Crippen molar-refractivity contribution < 1.29 is 13.6 Å². The van der Waals surface area contributed by atoms with E-state index in [4.69, 9.17) is 9.05 Å². The van der Waals surface area contributed by atoms with Crippen LogP contribution in [0.1, 0.15) is 89.0 Å². The summed E-state index contributed by atoms with van der Waals surface area (Å²) in [5, 5.41) is 3.50. The smallest absolute Gasteiger partial charge is 0.308 e. The van der Waals surface area contributed by atoms with Gasteiger partial charge >= 0.3 is 7.60 Å². The fourth-order valence-corrected chi connectivity index (χ4v) is 6.05. The number of hydrogen-bond donors (Lipinski definition) is 1. The van der Waals surface area contributed by atoms with Crippen molar-refractivity contribution in [3.8, 4) is 0 Å². The minimum Gasteiger partial charge on any atom is -0.308 e. The molecule has 0 aliphatic rings. The predicted octanol–water partition coefficient (Wildman–Crippen LogP) is 7.04. The van der Waals surface area contributed by atoms with Crippen molar-refractivity contribution >= 4 is 7.60 Å². The number of rotatable bonds is 9. The van der Waals surface area contributed by atoms with E-state index in [1.807, 2.05) is 26.0 Å². The van der Waals surface area contributed by atoms with Gasteiger partial charge in [0.1, 0.15) is 5.78 Å². The normalized spacial score (nSPS) is 13.9. The Bertz CT molecular complexity index is 885. The highest BCUT2D eigenvalue weighted by Crippen LogP contribution is 2.60. The van der Waals surface area contributed by atoms with E-state index in [1.54, 1.807) is 12.4 Å². The molecular formula is C26H41N2O3P. The Morgan fingerprint density at radius 2 is 1.41 bits per heavy atom. The van der Waals surface area contributed by atoms with Crippen LogP contribution in [0.2, 0.25) is 0 Å². The Hall–Kier alpha value is -1.52. The van der Waals surface area contributed by atoms with Gasteiger partial charge in [-0.1, -0.05) is 53.7 Å². The Kier molecular flexibility index (Phi) is 8.86. The van der Waals surface area contributed by atoms with Crippen LogP contribution >= 0.6 is 7.60 Å². The summed E-state index contributed by atoms with van der Waals surface area (Å²) in [5.74, 6) is -0.585.